The molecule has 2 unspecified atom stereocenters. The van der Waals surface area contributed by atoms with Gasteiger partial charge in [0, 0.05) is 12.5 Å². The van der Waals surface area contributed by atoms with Crippen LogP contribution >= 0.6 is 0 Å². The van der Waals surface area contributed by atoms with Crippen LogP contribution in [-0.4, -0.2) is 43.2 Å². The van der Waals surface area contributed by atoms with Crippen LogP contribution in [0.25, 0.3) is 0 Å². The van der Waals surface area contributed by atoms with Crippen LogP contribution in [0.2, 0.25) is 0 Å². The number of carbonyl (C=O) groups excluding carboxylic acids is 2. The second kappa shape index (κ2) is 7.66. The Labute approximate surface area is 122 Å². The minimum Gasteiger partial charge on any atom is -0.468 e. The van der Waals surface area contributed by atoms with E-state index >= 15 is 0 Å². The lowest BCUT2D eigenvalue weighted by Crippen LogP contribution is -2.46. The lowest BCUT2D eigenvalue weighted by molar-refractivity contribution is -0.201. The maximum absolute atomic E-state index is 13.1. The smallest absolute Gasteiger partial charge is 0.392 e. The summed E-state index contributed by atoms with van der Waals surface area (Å²) >= 11 is 0. The number of carbonyl (C=O) groups is 2. The van der Waals surface area contributed by atoms with E-state index in [1.165, 1.54) is 12.0 Å². The van der Waals surface area contributed by atoms with Crippen LogP contribution in [0.4, 0.5) is 13.2 Å². The number of alkyl halides is 3. The Morgan fingerprint density at radius 2 is 1.86 bits per heavy atom. The first-order valence-electron chi connectivity index (χ1n) is 7.23. The number of methoxy groups -OCH3 is 1. The highest BCUT2D eigenvalue weighted by Crippen LogP contribution is 2.42. The Kier molecular flexibility index (Phi) is 6.48. The third-order valence-electron chi connectivity index (χ3n) is 3.86. The van der Waals surface area contributed by atoms with E-state index in [-0.39, 0.29) is 25.9 Å². The van der Waals surface area contributed by atoms with Crippen molar-refractivity contribution in [1.82, 2.24) is 4.90 Å². The van der Waals surface area contributed by atoms with Gasteiger partial charge in [-0.25, -0.2) is 0 Å². The summed E-state index contributed by atoms with van der Waals surface area (Å²) in [6, 6.07) is 0. The topological polar surface area (TPSA) is 46.6 Å². The lowest BCUT2D eigenvalue weighted by Gasteiger charge is -2.35. The van der Waals surface area contributed by atoms with Crippen LogP contribution in [0.5, 0.6) is 0 Å². The molecule has 0 aliphatic heterocycles. The molecule has 1 aliphatic carbocycles. The van der Waals surface area contributed by atoms with Crippen molar-refractivity contribution < 1.29 is 27.5 Å². The highest BCUT2D eigenvalue weighted by atomic mass is 19.4. The molecule has 1 amide bonds. The number of hydrogen-bond acceptors (Lipinski definition) is 3. The number of esters is 1. The summed E-state index contributed by atoms with van der Waals surface area (Å²) in [7, 11) is 1.19. The van der Waals surface area contributed by atoms with E-state index in [1.807, 2.05) is 0 Å². The predicted octanol–water partition coefficient (Wildman–Crippen LogP) is 2.77. The largest absolute Gasteiger partial charge is 0.468 e. The molecule has 0 saturated heterocycles. The average Bonchev–Trinajstić information content (AvgIpc) is 2.45. The number of amides is 1. The number of ether oxygens (including phenoxy) is 1. The third-order valence-corrected chi connectivity index (χ3v) is 3.86. The molecule has 1 saturated carbocycles. The molecular weight excluding hydrogens is 287 g/mol. The summed E-state index contributed by atoms with van der Waals surface area (Å²) in [6.45, 7) is 1.78. The maximum atomic E-state index is 13.1. The first-order chi connectivity index (χ1) is 9.81. The maximum Gasteiger partial charge on any atom is 0.392 e. The van der Waals surface area contributed by atoms with Crippen LogP contribution in [0.15, 0.2) is 0 Å². The van der Waals surface area contributed by atoms with E-state index in [0.29, 0.717) is 19.3 Å². The van der Waals surface area contributed by atoms with Crippen molar-refractivity contribution in [2.45, 2.75) is 45.2 Å². The van der Waals surface area contributed by atoms with Crippen molar-refractivity contribution >= 4 is 11.9 Å². The molecule has 0 bridgehead atoms. The Morgan fingerprint density at radius 1 is 1.24 bits per heavy atom. The van der Waals surface area contributed by atoms with Gasteiger partial charge in [-0.2, -0.15) is 13.2 Å². The van der Waals surface area contributed by atoms with E-state index in [2.05, 4.69) is 4.74 Å². The van der Waals surface area contributed by atoms with E-state index in [1.54, 1.807) is 6.92 Å². The molecule has 7 heteroatoms. The van der Waals surface area contributed by atoms with E-state index in [9.17, 15) is 22.8 Å². The zero-order chi connectivity index (χ0) is 16.0. The van der Waals surface area contributed by atoms with Gasteiger partial charge >= 0.3 is 12.1 Å². The summed E-state index contributed by atoms with van der Waals surface area (Å²) in [4.78, 5) is 24.9. The van der Waals surface area contributed by atoms with Crippen molar-refractivity contribution in [2.75, 3.05) is 20.2 Å². The molecule has 122 valence electrons. The fraction of sp³-hybridized carbons (Fsp3) is 0.857. The lowest BCUT2D eigenvalue weighted by atomic mass is 9.78. The van der Waals surface area contributed by atoms with Gasteiger partial charge in [-0.15, -0.1) is 0 Å². The fourth-order valence-corrected chi connectivity index (χ4v) is 2.81. The molecule has 1 fully saturated rings. The normalized spacial score (nSPS) is 22.7. The first-order valence-corrected chi connectivity index (χ1v) is 7.23. The van der Waals surface area contributed by atoms with Crippen molar-refractivity contribution in [3.8, 4) is 0 Å². The summed E-state index contributed by atoms with van der Waals surface area (Å²) in [6.07, 6.45) is -2.49. The molecule has 0 heterocycles. The van der Waals surface area contributed by atoms with Gasteiger partial charge in [-0.1, -0.05) is 19.8 Å². The van der Waals surface area contributed by atoms with Crippen molar-refractivity contribution in [2.24, 2.45) is 11.8 Å². The summed E-state index contributed by atoms with van der Waals surface area (Å²) in [5.41, 5.74) is 0. The number of rotatable bonds is 5. The van der Waals surface area contributed by atoms with Crippen molar-refractivity contribution in [3.05, 3.63) is 0 Å². The Bertz CT molecular complexity index is 371. The van der Waals surface area contributed by atoms with Crippen LogP contribution in [0.1, 0.15) is 39.0 Å². The second-order valence-corrected chi connectivity index (χ2v) is 5.37. The zero-order valence-corrected chi connectivity index (χ0v) is 12.4. The van der Waals surface area contributed by atoms with Gasteiger partial charge in [0.15, 0.2) is 0 Å². The summed E-state index contributed by atoms with van der Waals surface area (Å²) < 4.78 is 43.7. The molecule has 21 heavy (non-hydrogen) atoms. The molecule has 0 aromatic rings. The summed E-state index contributed by atoms with van der Waals surface area (Å²) in [5, 5.41) is 0. The van der Waals surface area contributed by atoms with Gasteiger partial charge in [0.25, 0.3) is 0 Å². The van der Waals surface area contributed by atoms with Gasteiger partial charge in [0.2, 0.25) is 5.91 Å². The molecule has 1 rings (SSSR count). The van der Waals surface area contributed by atoms with E-state index in [4.69, 9.17) is 0 Å². The zero-order valence-electron chi connectivity index (χ0n) is 12.4. The predicted molar refractivity (Wildman–Crippen MR) is 70.4 cm³/mol. The molecule has 0 aromatic heterocycles. The third kappa shape index (κ3) is 4.89. The average molecular weight is 309 g/mol. The number of nitrogens with zero attached hydrogens (tertiary/aromatic N) is 1. The van der Waals surface area contributed by atoms with Crippen LogP contribution in [0, 0.1) is 11.8 Å². The molecule has 2 atom stereocenters. The SMILES string of the molecule is CCCN(CC(=O)OC)C(=O)C1CCCCC1C(F)(F)F. The van der Waals surface area contributed by atoms with Crippen LogP contribution in [0.3, 0.4) is 0 Å². The standard InChI is InChI=1S/C14H22F3NO3/c1-3-8-18(9-12(19)21-2)13(20)10-6-4-5-7-11(10)14(15,16)17/h10-11H,3-9H2,1-2H3. The van der Waals surface area contributed by atoms with E-state index < -0.39 is 29.9 Å². The molecule has 0 spiro atoms. The quantitative estimate of drug-likeness (QED) is 0.734. The number of halogens is 3. The van der Waals surface area contributed by atoms with Crippen molar-refractivity contribution in [3.63, 3.8) is 0 Å². The van der Waals surface area contributed by atoms with Gasteiger partial charge in [-0.3, -0.25) is 9.59 Å². The highest BCUT2D eigenvalue weighted by molar-refractivity contribution is 5.84. The van der Waals surface area contributed by atoms with Crippen LogP contribution in [-0.2, 0) is 14.3 Å². The van der Waals surface area contributed by atoms with Gasteiger partial charge in [0.1, 0.15) is 6.54 Å². The molecule has 0 aromatic carbocycles. The Hall–Kier alpha value is -1.27. The Morgan fingerprint density at radius 3 is 2.38 bits per heavy atom. The van der Waals surface area contributed by atoms with Gasteiger partial charge in [-0.05, 0) is 19.3 Å². The Balaban J connectivity index is 2.86. The minimum absolute atomic E-state index is 0.0158. The molecule has 0 N–H and O–H groups in total. The molecule has 0 radical (unpaired) electrons. The molecule has 1 aliphatic rings. The second-order valence-electron chi connectivity index (χ2n) is 5.37. The van der Waals surface area contributed by atoms with E-state index in [0.717, 1.165) is 0 Å². The first kappa shape index (κ1) is 17.8. The molecular formula is C14H22F3NO3. The fourth-order valence-electron chi connectivity index (χ4n) is 2.81. The van der Waals surface area contributed by atoms with Crippen LogP contribution < -0.4 is 0 Å². The van der Waals surface area contributed by atoms with Gasteiger partial charge < -0.3 is 9.64 Å². The highest BCUT2D eigenvalue weighted by Gasteiger charge is 2.48. The van der Waals surface area contributed by atoms with Gasteiger partial charge in [0.05, 0.1) is 13.0 Å². The summed E-state index contributed by atoms with van der Waals surface area (Å²) in [5.74, 6) is -3.87. The number of hydrogen-bond donors (Lipinski definition) is 0. The molecule has 4 nitrogen and oxygen atoms in total. The van der Waals surface area contributed by atoms with Crippen molar-refractivity contribution in [1.29, 1.82) is 0 Å². The minimum atomic E-state index is -4.37. The monoisotopic (exact) mass is 309 g/mol.